The first-order valence-corrected chi connectivity index (χ1v) is 22.3. The van der Waals surface area contributed by atoms with Gasteiger partial charge in [0.25, 0.3) is 0 Å². The third-order valence-corrected chi connectivity index (χ3v) is 21.9. The maximum absolute atomic E-state index is 7.09. The molecule has 0 spiro atoms. The molecular formula is C29H54O10Si3. The van der Waals surface area contributed by atoms with Gasteiger partial charge in [0.1, 0.15) is 0 Å². The number of hydrogen-bond donors (Lipinski definition) is 0. The Morgan fingerprint density at radius 3 is 1.02 bits per heavy atom. The Morgan fingerprint density at radius 1 is 0.429 bits per heavy atom. The monoisotopic (exact) mass is 646 g/mol. The second-order valence-corrected chi connectivity index (χ2v) is 22.8. The molecular weight excluding hydrogens is 593 g/mol. The van der Waals surface area contributed by atoms with E-state index in [0.29, 0.717) is 60.4 Å². The SMILES string of the molecule is CO[Si](CCC1CCC2OC2C1)(OC)O[Si](CCC1CCC2OC2C1)(OC)O[Si](CCC1CCC2OC2C1)(OC)OC. The highest BCUT2D eigenvalue weighted by Crippen LogP contribution is 2.45. The van der Waals surface area contributed by atoms with Crippen LogP contribution >= 0.6 is 0 Å². The molecule has 6 aliphatic rings. The Hall–Kier alpha value is 0.251. The molecule has 3 aliphatic carbocycles. The second-order valence-electron chi connectivity index (χ2n) is 13.6. The number of fused-ring (bicyclic) bond motifs is 3. The van der Waals surface area contributed by atoms with Gasteiger partial charge in [0.15, 0.2) is 0 Å². The highest BCUT2D eigenvalue weighted by Gasteiger charge is 2.59. The normalized spacial score (nSPS) is 38.6. The topological polar surface area (TPSA) is 102 Å². The van der Waals surface area contributed by atoms with Crippen LogP contribution in [0.4, 0.5) is 0 Å². The van der Waals surface area contributed by atoms with Crippen molar-refractivity contribution in [3.05, 3.63) is 0 Å². The van der Waals surface area contributed by atoms with E-state index in [1.807, 2.05) is 0 Å². The third-order valence-electron chi connectivity index (χ3n) is 11.1. The lowest BCUT2D eigenvalue weighted by Crippen LogP contribution is -2.63. The van der Waals surface area contributed by atoms with Gasteiger partial charge in [-0.2, -0.15) is 0 Å². The van der Waals surface area contributed by atoms with Crippen LogP contribution in [-0.4, -0.2) is 98.6 Å². The summed E-state index contributed by atoms with van der Waals surface area (Å²) in [5.41, 5.74) is 0. The quantitative estimate of drug-likeness (QED) is 0.150. The van der Waals surface area contributed by atoms with Gasteiger partial charge in [-0.3, -0.25) is 0 Å². The zero-order chi connectivity index (χ0) is 29.4. The molecule has 3 aliphatic heterocycles. The first-order valence-electron chi connectivity index (χ1n) is 16.5. The second kappa shape index (κ2) is 13.5. The standard InChI is InChI=1S/C29H54O10Si3/c1-30-40(31-2,15-12-21-6-9-24-27(18-21)35-24)38-42(34-5,17-14-23-8-11-26-29(20-23)37-26)39-41(32-3,33-4)16-13-22-7-10-25-28(19-22)36-25/h21-29H,6-20H2,1-5H3. The van der Waals surface area contributed by atoms with Gasteiger partial charge in [-0.25, -0.2) is 0 Å². The van der Waals surface area contributed by atoms with Crippen molar-refractivity contribution < 1.29 is 44.6 Å². The molecule has 42 heavy (non-hydrogen) atoms. The summed E-state index contributed by atoms with van der Waals surface area (Å²) in [7, 11) is -1.05. The molecule has 3 saturated heterocycles. The van der Waals surface area contributed by atoms with Crippen LogP contribution < -0.4 is 0 Å². The first-order chi connectivity index (χ1) is 20.4. The molecule has 9 unspecified atom stereocenters. The van der Waals surface area contributed by atoms with Crippen molar-refractivity contribution in [2.75, 3.05) is 35.5 Å². The fourth-order valence-corrected chi connectivity index (χ4v) is 19.6. The van der Waals surface area contributed by atoms with E-state index in [9.17, 15) is 0 Å². The summed E-state index contributed by atoms with van der Waals surface area (Å²) in [6.07, 6.45) is 16.1. The molecule has 0 aromatic carbocycles. The van der Waals surface area contributed by atoms with Crippen LogP contribution in [0, 0.1) is 17.8 Å². The first kappa shape index (κ1) is 32.2. The van der Waals surface area contributed by atoms with Gasteiger partial charge in [-0.15, -0.1) is 0 Å². The largest absolute Gasteiger partial charge is 0.493 e. The van der Waals surface area contributed by atoms with E-state index in [0.717, 1.165) is 69.9 Å². The van der Waals surface area contributed by atoms with E-state index in [2.05, 4.69) is 0 Å². The molecule has 0 N–H and O–H groups in total. The van der Waals surface area contributed by atoms with E-state index < -0.39 is 26.4 Å². The Kier molecular flexibility index (Phi) is 10.4. The number of epoxide rings is 3. The zero-order valence-electron chi connectivity index (χ0n) is 26.4. The lowest BCUT2D eigenvalue weighted by atomic mass is 9.88. The molecule has 9 atom stereocenters. The fraction of sp³-hybridized carbons (Fsp3) is 1.00. The van der Waals surface area contributed by atoms with Crippen LogP contribution in [0.3, 0.4) is 0 Å². The van der Waals surface area contributed by atoms with Crippen molar-refractivity contribution in [3.8, 4) is 0 Å². The summed E-state index contributed by atoms with van der Waals surface area (Å²) >= 11 is 0. The summed E-state index contributed by atoms with van der Waals surface area (Å²) in [5, 5.41) is 0. The Balaban J connectivity index is 1.16. The average Bonchev–Trinajstić information content (AvgIpc) is 3.92. The van der Waals surface area contributed by atoms with Crippen LogP contribution in [0.25, 0.3) is 0 Å². The summed E-state index contributed by atoms with van der Waals surface area (Å²) in [6.45, 7) is 0. The molecule has 6 fully saturated rings. The average molecular weight is 647 g/mol. The predicted octanol–water partition coefficient (Wildman–Crippen LogP) is 4.94. The third kappa shape index (κ3) is 7.61. The van der Waals surface area contributed by atoms with E-state index >= 15 is 0 Å². The Morgan fingerprint density at radius 2 is 0.738 bits per heavy atom. The van der Waals surface area contributed by atoms with Crippen LogP contribution in [0.15, 0.2) is 0 Å². The number of ether oxygens (including phenoxy) is 3. The van der Waals surface area contributed by atoms with Gasteiger partial charge in [0.05, 0.1) is 36.6 Å². The summed E-state index contributed by atoms with van der Waals surface area (Å²) < 4.78 is 62.7. The summed E-state index contributed by atoms with van der Waals surface area (Å²) in [4.78, 5) is 0. The molecule has 3 saturated carbocycles. The molecule has 0 bridgehead atoms. The van der Waals surface area contributed by atoms with Gasteiger partial charge < -0.3 is 44.6 Å². The molecule has 0 amide bonds. The molecule has 13 heteroatoms. The van der Waals surface area contributed by atoms with Crippen LogP contribution in [-0.2, 0) is 44.6 Å². The molecule has 0 radical (unpaired) electrons. The van der Waals surface area contributed by atoms with Crippen LogP contribution in [0.5, 0.6) is 0 Å². The van der Waals surface area contributed by atoms with Crippen molar-refractivity contribution in [1.82, 2.24) is 0 Å². The zero-order valence-corrected chi connectivity index (χ0v) is 29.4. The Bertz CT molecular complexity index is 842. The van der Waals surface area contributed by atoms with Gasteiger partial charge in [-0.1, -0.05) is 0 Å². The molecule has 10 nitrogen and oxygen atoms in total. The highest BCUT2D eigenvalue weighted by atomic mass is 28.5. The Labute approximate surface area is 255 Å². The van der Waals surface area contributed by atoms with Crippen LogP contribution in [0.1, 0.15) is 77.0 Å². The highest BCUT2D eigenvalue weighted by molar-refractivity contribution is 6.80. The molecule has 242 valence electrons. The number of rotatable bonds is 18. The minimum Gasteiger partial charge on any atom is -0.378 e. The van der Waals surface area contributed by atoms with E-state index in [1.165, 1.54) is 19.3 Å². The van der Waals surface area contributed by atoms with Gasteiger partial charge in [0, 0.05) is 53.7 Å². The van der Waals surface area contributed by atoms with E-state index in [4.69, 9.17) is 44.6 Å². The van der Waals surface area contributed by atoms with E-state index in [1.54, 1.807) is 35.5 Å². The van der Waals surface area contributed by atoms with Crippen molar-refractivity contribution in [2.45, 2.75) is 132 Å². The summed E-state index contributed by atoms with van der Waals surface area (Å²) in [6, 6.07) is 2.13. The molecule has 3 heterocycles. The molecule has 0 aromatic rings. The van der Waals surface area contributed by atoms with Crippen molar-refractivity contribution in [2.24, 2.45) is 17.8 Å². The van der Waals surface area contributed by atoms with Crippen molar-refractivity contribution in [1.29, 1.82) is 0 Å². The predicted molar refractivity (Wildman–Crippen MR) is 161 cm³/mol. The minimum atomic E-state index is -3.37. The fourth-order valence-electron chi connectivity index (χ4n) is 8.02. The van der Waals surface area contributed by atoms with E-state index in [-0.39, 0.29) is 0 Å². The summed E-state index contributed by atoms with van der Waals surface area (Å²) in [5.74, 6) is 1.76. The van der Waals surface area contributed by atoms with Gasteiger partial charge in [0.2, 0.25) is 0 Å². The maximum atomic E-state index is 7.09. The maximum Gasteiger partial charge on any atom is 0.493 e. The van der Waals surface area contributed by atoms with Crippen LogP contribution in [0.2, 0.25) is 18.1 Å². The minimum absolute atomic E-state index is 0.429. The van der Waals surface area contributed by atoms with Gasteiger partial charge >= 0.3 is 26.4 Å². The van der Waals surface area contributed by atoms with Gasteiger partial charge in [-0.05, 0) is 94.8 Å². The lowest BCUT2D eigenvalue weighted by molar-refractivity contribution is 0.0669. The smallest absolute Gasteiger partial charge is 0.378 e. The van der Waals surface area contributed by atoms with Crippen molar-refractivity contribution in [3.63, 3.8) is 0 Å². The molecule has 0 aromatic heterocycles. The number of hydrogen-bond acceptors (Lipinski definition) is 10. The van der Waals surface area contributed by atoms with Crippen molar-refractivity contribution >= 4 is 26.4 Å². The molecule has 6 rings (SSSR count). The lowest BCUT2D eigenvalue weighted by Gasteiger charge is -2.41.